The van der Waals surface area contributed by atoms with Gasteiger partial charge in [-0.15, -0.1) is 5.06 Å². The Labute approximate surface area is 55.3 Å². The average molecular weight is 128 g/mol. The second-order valence-electron chi connectivity index (χ2n) is 2.17. The molecule has 9 heavy (non-hydrogen) atoms. The van der Waals surface area contributed by atoms with Crippen molar-refractivity contribution >= 4 is 5.90 Å². The van der Waals surface area contributed by atoms with Crippen molar-refractivity contribution in [1.82, 2.24) is 5.06 Å². The van der Waals surface area contributed by atoms with Gasteiger partial charge in [-0.25, -0.2) is 4.99 Å². The minimum atomic E-state index is 0.241. The molecule has 1 aliphatic rings. The van der Waals surface area contributed by atoms with E-state index in [0.29, 0.717) is 0 Å². The second-order valence-corrected chi connectivity index (χ2v) is 2.17. The molecule has 0 spiro atoms. The molecular weight excluding hydrogens is 116 g/mol. The molecular formula is C6H12N2O. The van der Waals surface area contributed by atoms with Crippen molar-refractivity contribution in [3.8, 4) is 0 Å². The fourth-order valence-electron chi connectivity index (χ4n) is 0.932. The largest absolute Gasteiger partial charge is 0.389 e. The third-order valence-electron chi connectivity index (χ3n) is 1.39. The number of rotatable bonds is 1. The summed E-state index contributed by atoms with van der Waals surface area (Å²) in [7, 11) is 1.90. The highest BCUT2D eigenvalue weighted by Crippen LogP contribution is 2.11. The zero-order valence-corrected chi connectivity index (χ0v) is 6.09. The molecule has 0 aliphatic carbocycles. The Morgan fingerprint density at radius 1 is 1.78 bits per heavy atom. The predicted octanol–water partition coefficient (Wildman–Crippen LogP) is 1.02. The summed E-state index contributed by atoms with van der Waals surface area (Å²) >= 11 is 0. The maximum absolute atomic E-state index is 5.15. The van der Waals surface area contributed by atoms with Crippen LogP contribution in [0.4, 0.5) is 0 Å². The van der Waals surface area contributed by atoms with Crippen LogP contribution in [0.15, 0.2) is 4.99 Å². The fourth-order valence-corrected chi connectivity index (χ4v) is 0.932. The zero-order chi connectivity index (χ0) is 6.85. The molecule has 0 N–H and O–H groups in total. The average Bonchev–Trinajstić information content (AvgIpc) is 2.10. The van der Waals surface area contributed by atoms with Gasteiger partial charge in [-0.2, -0.15) is 0 Å². The maximum atomic E-state index is 5.15. The monoisotopic (exact) mass is 128 g/mol. The van der Waals surface area contributed by atoms with E-state index in [2.05, 4.69) is 11.9 Å². The van der Waals surface area contributed by atoms with Gasteiger partial charge >= 0.3 is 0 Å². The van der Waals surface area contributed by atoms with Gasteiger partial charge in [0.1, 0.15) is 6.17 Å². The van der Waals surface area contributed by atoms with Gasteiger partial charge in [0, 0.05) is 14.0 Å². The van der Waals surface area contributed by atoms with Crippen molar-refractivity contribution in [3.05, 3.63) is 0 Å². The summed E-state index contributed by atoms with van der Waals surface area (Å²) in [6, 6.07) is 0. The first-order valence-corrected chi connectivity index (χ1v) is 3.19. The van der Waals surface area contributed by atoms with E-state index in [1.165, 1.54) is 0 Å². The molecule has 1 unspecified atom stereocenters. The van der Waals surface area contributed by atoms with Crippen LogP contribution in [0.1, 0.15) is 20.3 Å². The molecule has 1 rings (SSSR count). The summed E-state index contributed by atoms with van der Waals surface area (Å²) in [6.45, 7) is 3.96. The van der Waals surface area contributed by atoms with Crippen LogP contribution >= 0.6 is 0 Å². The van der Waals surface area contributed by atoms with Crippen LogP contribution in [0.5, 0.6) is 0 Å². The minimum absolute atomic E-state index is 0.241. The standard InChI is InChI=1S/C6H12N2O/c1-4-6-7-5(2)9-8(6)3/h6H,4H2,1-3H3. The molecule has 0 aromatic rings. The van der Waals surface area contributed by atoms with Crippen molar-refractivity contribution < 1.29 is 4.84 Å². The van der Waals surface area contributed by atoms with Crippen LogP contribution in [0.25, 0.3) is 0 Å². The summed E-state index contributed by atoms with van der Waals surface area (Å²) in [6.07, 6.45) is 1.25. The topological polar surface area (TPSA) is 24.8 Å². The maximum Gasteiger partial charge on any atom is 0.208 e. The summed E-state index contributed by atoms with van der Waals surface area (Å²) in [5, 5.41) is 1.77. The highest BCUT2D eigenvalue weighted by atomic mass is 16.7. The van der Waals surface area contributed by atoms with Crippen molar-refractivity contribution in [2.75, 3.05) is 7.05 Å². The Kier molecular flexibility index (Phi) is 1.71. The molecule has 1 atom stereocenters. The smallest absolute Gasteiger partial charge is 0.208 e. The number of hydrogen-bond acceptors (Lipinski definition) is 3. The van der Waals surface area contributed by atoms with Gasteiger partial charge in [-0.05, 0) is 6.42 Å². The molecule has 3 nitrogen and oxygen atoms in total. The summed E-state index contributed by atoms with van der Waals surface area (Å²) in [4.78, 5) is 9.36. The molecule has 3 heteroatoms. The van der Waals surface area contributed by atoms with Crippen LogP contribution in [0.2, 0.25) is 0 Å². The van der Waals surface area contributed by atoms with Gasteiger partial charge in [0.15, 0.2) is 0 Å². The Bertz CT molecular complexity index is 133. The van der Waals surface area contributed by atoms with Gasteiger partial charge < -0.3 is 4.84 Å². The lowest BCUT2D eigenvalue weighted by atomic mass is 10.4. The van der Waals surface area contributed by atoms with Crippen molar-refractivity contribution in [3.63, 3.8) is 0 Å². The second kappa shape index (κ2) is 2.35. The van der Waals surface area contributed by atoms with E-state index in [4.69, 9.17) is 4.84 Å². The highest BCUT2D eigenvalue weighted by molar-refractivity contribution is 5.74. The van der Waals surface area contributed by atoms with Crippen molar-refractivity contribution in [2.45, 2.75) is 26.4 Å². The van der Waals surface area contributed by atoms with Gasteiger partial charge in [0.05, 0.1) is 0 Å². The van der Waals surface area contributed by atoms with E-state index in [1.807, 2.05) is 14.0 Å². The normalized spacial score (nSPS) is 27.9. The van der Waals surface area contributed by atoms with Crippen LogP contribution in [0.3, 0.4) is 0 Å². The van der Waals surface area contributed by atoms with Crippen LogP contribution < -0.4 is 0 Å². The lowest BCUT2D eigenvalue weighted by Crippen LogP contribution is -2.23. The number of hydroxylamine groups is 2. The first-order valence-electron chi connectivity index (χ1n) is 3.19. The van der Waals surface area contributed by atoms with E-state index in [1.54, 1.807) is 5.06 Å². The minimum Gasteiger partial charge on any atom is -0.389 e. The first kappa shape index (κ1) is 6.55. The van der Waals surface area contributed by atoms with Crippen molar-refractivity contribution in [2.24, 2.45) is 4.99 Å². The van der Waals surface area contributed by atoms with E-state index in [-0.39, 0.29) is 6.17 Å². The molecule has 0 bridgehead atoms. The molecule has 0 aromatic heterocycles. The molecule has 0 saturated carbocycles. The SMILES string of the molecule is CCC1N=C(C)ON1C. The van der Waals surface area contributed by atoms with E-state index in [0.717, 1.165) is 12.3 Å². The molecule has 1 aliphatic heterocycles. The first-order chi connectivity index (χ1) is 4.24. The molecule has 0 radical (unpaired) electrons. The highest BCUT2D eigenvalue weighted by Gasteiger charge is 2.19. The fraction of sp³-hybridized carbons (Fsp3) is 0.833. The van der Waals surface area contributed by atoms with Crippen LogP contribution in [-0.2, 0) is 4.84 Å². The van der Waals surface area contributed by atoms with Gasteiger partial charge in [-0.1, -0.05) is 6.92 Å². The summed E-state index contributed by atoms with van der Waals surface area (Å²) in [5.74, 6) is 0.768. The van der Waals surface area contributed by atoms with E-state index < -0.39 is 0 Å². The van der Waals surface area contributed by atoms with Gasteiger partial charge in [0.25, 0.3) is 0 Å². The molecule has 52 valence electrons. The van der Waals surface area contributed by atoms with E-state index >= 15 is 0 Å². The lowest BCUT2D eigenvalue weighted by molar-refractivity contribution is -0.0577. The number of nitrogens with zero attached hydrogens (tertiary/aromatic N) is 2. The quantitative estimate of drug-likeness (QED) is 0.526. The summed E-state index contributed by atoms with van der Waals surface area (Å²) < 4.78 is 0. The lowest BCUT2D eigenvalue weighted by Gasteiger charge is -2.12. The Morgan fingerprint density at radius 2 is 2.44 bits per heavy atom. The van der Waals surface area contributed by atoms with Crippen LogP contribution in [0, 0.1) is 0 Å². The van der Waals surface area contributed by atoms with Gasteiger partial charge in [-0.3, -0.25) is 0 Å². The molecule has 0 fully saturated rings. The Hall–Kier alpha value is -0.570. The van der Waals surface area contributed by atoms with E-state index in [9.17, 15) is 0 Å². The third kappa shape index (κ3) is 1.21. The molecule has 1 heterocycles. The van der Waals surface area contributed by atoms with Crippen LogP contribution in [-0.4, -0.2) is 24.2 Å². The number of aliphatic imine (C=N–C) groups is 1. The third-order valence-corrected chi connectivity index (χ3v) is 1.39. The van der Waals surface area contributed by atoms with Gasteiger partial charge in [0.2, 0.25) is 5.90 Å². The predicted molar refractivity (Wildman–Crippen MR) is 36.0 cm³/mol. The molecule has 0 saturated heterocycles. The molecule has 0 aromatic carbocycles. The number of hydrogen-bond donors (Lipinski definition) is 0. The Balaban J connectivity index is 2.53. The molecule has 0 amide bonds. The Morgan fingerprint density at radius 3 is 2.67 bits per heavy atom. The summed E-state index contributed by atoms with van der Waals surface area (Å²) in [5.41, 5.74) is 0. The van der Waals surface area contributed by atoms with Crippen molar-refractivity contribution in [1.29, 1.82) is 0 Å². The zero-order valence-electron chi connectivity index (χ0n) is 6.09.